The third kappa shape index (κ3) is 3.88. The number of nitrogens with one attached hydrogen (secondary N) is 1. The van der Waals surface area contributed by atoms with Crippen molar-refractivity contribution in [1.82, 2.24) is 5.32 Å². The van der Waals surface area contributed by atoms with Crippen molar-refractivity contribution in [3.63, 3.8) is 0 Å². The minimum absolute atomic E-state index is 0.0236. The number of benzene rings is 1. The standard InChI is InChI=1S/C15H17BrFNS/c1-3-18-14(9-11-5-7-15(16)19-11)12-8-10(2)4-6-13(12)17/h4-8,14,18H,3,9H2,1-2H3. The molecule has 0 bridgehead atoms. The van der Waals surface area contributed by atoms with E-state index < -0.39 is 0 Å². The van der Waals surface area contributed by atoms with E-state index in [2.05, 4.69) is 27.3 Å². The van der Waals surface area contributed by atoms with Crippen molar-refractivity contribution in [1.29, 1.82) is 0 Å². The number of halogens is 2. The highest BCUT2D eigenvalue weighted by Crippen LogP contribution is 2.28. The van der Waals surface area contributed by atoms with Gasteiger partial charge < -0.3 is 5.32 Å². The second-order valence-electron chi connectivity index (χ2n) is 4.55. The van der Waals surface area contributed by atoms with Gasteiger partial charge in [-0.2, -0.15) is 0 Å². The first-order valence-electron chi connectivity index (χ1n) is 6.33. The summed E-state index contributed by atoms with van der Waals surface area (Å²) in [4.78, 5) is 1.25. The van der Waals surface area contributed by atoms with Gasteiger partial charge in [0.25, 0.3) is 0 Å². The highest BCUT2D eigenvalue weighted by Gasteiger charge is 2.16. The van der Waals surface area contributed by atoms with Gasteiger partial charge in [0.05, 0.1) is 3.79 Å². The largest absolute Gasteiger partial charge is 0.310 e. The van der Waals surface area contributed by atoms with Gasteiger partial charge in [-0.15, -0.1) is 11.3 Å². The van der Waals surface area contributed by atoms with Crippen LogP contribution in [0.1, 0.15) is 29.0 Å². The van der Waals surface area contributed by atoms with Crippen LogP contribution in [0.4, 0.5) is 4.39 Å². The summed E-state index contributed by atoms with van der Waals surface area (Å²) in [5, 5.41) is 3.38. The molecule has 0 fully saturated rings. The molecule has 0 aliphatic carbocycles. The summed E-state index contributed by atoms with van der Waals surface area (Å²) in [5.41, 5.74) is 1.85. The first kappa shape index (κ1) is 14.7. The Bertz CT molecular complexity index is 553. The molecular weight excluding hydrogens is 325 g/mol. The molecule has 1 nitrogen and oxygen atoms in total. The number of thiophene rings is 1. The molecular formula is C15H17BrFNS. The Morgan fingerprint density at radius 2 is 2.11 bits per heavy atom. The zero-order chi connectivity index (χ0) is 13.8. The summed E-state index contributed by atoms with van der Waals surface area (Å²) < 4.78 is 15.1. The van der Waals surface area contributed by atoms with Crippen molar-refractivity contribution in [3.05, 3.63) is 55.9 Å². The third-order valence-electron chi connectivity index (χ3n) is 3.01. The lowest BCUT2D eigenvalue weighted by atomic mass is 10.00. The molecule has 1 atom stereocenters. The lowest BCUT2D eigenvalue weighted by molar-refractivity contribution is 0.512. The third-order valence-corrected chi connectivity index (χ3v) is 4.66. The van der Waals surface area contributed by atoms with Crippen LogP contribution >= 0.6 is 27.3 Å². The Labute approximate surface area is 126 Å². The zero-order valence-corrected chi connectivity index (χ0v) is 13.4. The maximum atomic E-state index is 14.0. The van der Waals surface area contributed by atoms with Crippen LogP contribution in [0.3, 0.4) is 0 Å². The average molecular weight is 342 g/mol. The van der Waals surface area contributed by atoms with Crippen LogP contribution in [0.15, 0.2) is 34.1 Å². The van der Waals surface area contributed by atoms with Crippen LogP contribution in [0.5, 0.6) is 0 Å². The minimum atomic E-state index is -0.132. The van der Waals surface area contributed by atoms with E-state index in [0.717, 1.165) is 27.9 Å². The van der Waals surface area contributed by atoms with E-state index >= 15 is 0 Å². The van der Waals surface area contributed by atoms with Gasteiger partial charge in [-0.25, -0.2) is 4.39 Å². The molecule has 0 aliphatic rings. The molecule has 1 N–H and O–H groups in total. The maximum absolute atomic E-state index is 14.0. The van der Waals surface area contributed by atoms with Crippen LogP contribution in [0.2, 0.25) is 0 Å². The van der Waals surface area contributed by atoms with Gasteiger partial charge in [0.2, 0.25) is 0 Å². The van der Waals surface area contributed by atoms with E-state index in [0.29, 0.717) is 0 Å². The minimum Gasteiger partial charge on any atom is -0.310 e. The highest BCUT2D eigenvalue weighted by atomic mass is 79.9. The van der Waals surface area contributed by atoms with Crippen molar-refractivity contribution in [3.8, 4) is 0 Å². The molecule has 19 heavy (non-hydrogen) atoms. The van der Waals surface area contributed by atoms with Crippen LogP contribution < -0.4 is 5.32 Å². The van der Waals surface area contributed by atoms with Crippen molar-refractivity contribution in [2.75, 3.05) is 6.54 Å². The van der Waals surface area contributed by atoms with Crippen LogP contribution in [-0.4, -0.2) is 6.54 Å². The molecule has 0 saturated heterocycles. The SMILES string of the molecule is CCNC(Cc1ccc(Br)s1)c1cc(C)ccc1F. The summed E-state index contributed by atoms with van der Waals surface area (Å²) in [7, 11) is 0. The number of hydrogen-bond donors (Lipinski definition) is 1. The molecule has 0 amide bonds. The van der Waals surface area contributed by atoms with Crippen molar-refractivity contribution in [2.45, 2.75) is 26.3 Å². The van der Waals surface area contributed by atoms with E-state index in [1.165, 1.54) is 4.88 Å². The molecule has 102 valence electrons. The molecule has 2 aromatic rings. The summed E-state index contributed by atoms with van der Waals surface area (Å²) >= 11 is 5.17. The Morgan fingerprint density at radius 3 is 2.74 bits per heavy atom. The predicted octanol–water partition coefficient (Wildman–Crippen LogP) is 4.85. The van der Waals surface area contributed by atoms with Gasteiger partial charge in [-0.1, -0.05) is 24.6 Å². The molecule has 1 aromatic heterocycles. The van der Waals surface area contributed by atoms with E-state index in [9.17, 15) is 4.39 Å². The molecule has 0 spiro atoms. The number of likely N-dealkylation sites (N-methyl/N-ethyl adjacent to an activating group) is 1. The second-order valence-corrected chi connectivity index (χ2v) is 7.09. The Morgan fingerprint density at radius 1 is 1.32 bits per heavy atom. The molecule has 0 aliphatic heterocycles. The summed E-state index contributed by atoms with van der Waals surface area (Å²) in [5.74, 6) is -0.132. The van der Waals surface area contributed by atoms with E-state index in [1.54, 1.807) is 17.4 Å². The van der Waals surface area contributed by atoms with Gasteiger partial charge in [0, 0.05) is 22.9 Å². The molecule has 1 aromatic carbocycles. The lowest BCUT2D eigenvalue weighted by Crippen LogP contribution is -2.23. The highest BCUT2D eigenvalue weighted by molar-refractivity contribution is 9.11. The maximum Gasteiger partial charge on any atom is 0.128 e. The number of hydrogen-bond acceptors (Lipinski definition) is 2. The Hall–Kier alpha value is -0.710. The molecule has 4 heteroatoms. The van der Waals surface area contributed by atoms with Crippen LogP contribution in [0.25, 0.3) is 0 Å². The zero-order valence-electron chi connectivity index (χ0n) is 11.0. The summed E-state index contributed by atoms with van der Waals surface area (Å²) in [6.07, 6.45) is 0.810. The predicted molar refractivity (Wildman–Crippen MR) is 83.3 cm³/mol. The molecule has 2 rings (SSSR count). The molecule has 0 saturated carbocycles. The number of aryl methyl sites for hydroxylation is 1. The molecule has 0 radical (unpaired) electrons. The fourth-order valence-electron chi connectivity index (χ4n) is 2.13. The normalized spacial score (nSPS) is 12.6. The van der Waals surface area contributed by atoms with Gasteiger partial charge in [-0.3, -0.25) is 0 Å². The monoisotopic (exact) mass is 341 g/mol. The Balaban J connectivity index is 2.26. The lowest BCUT2D eigenvalue weighted by Gasteiger charge is -2.19. The smallest absolute Gasteiger partial charge is 0.128 e. The second kappa shape index (κ2) is 6.64. The van der Waals surface area contributed by atoms with Gasteiger partial charge in [0.1, 0.15) is 5.82 Å². The molecule has 1 heterocycles. The van der Waals surface area contributed by atoms with Gasteiger partial charge in [-0.05, 0) is 47.6 Å². The topological polar surface area (TPSA) is 12.0 Å². The van der Waals surface area contributed by atoms with Crippen molar-refractivity contribution < 1.29 is 4.39 Å². The fraction of sp³-hybridized carbons (Fsp3) is 0.333. The average Bonchev–Trinajstić information content (AvgIpc) is 2.77. The first-order valence-corrected chi connectivity index (χ1v) is 7.94. The van der Waals surface area contributed by atoms with E-state index in [4.69, 9.17) is 0 Å². The van der Waals surface area contributed by atoms with Crippen LogP contribution in [0, 0.1) is 12.7 Å². The van der Waals surface area contributed by atoms with Crippen molar-refractivity contribution >= 4 is 27.3 Å². The van der Waals surface area contributed by atoms with Crippen molar-refractivity contribution in [2.24, 2.45) is 0 Å². The van der Waals surface area contributed by atoms with Crippen LogP contribution in [-0.2, 0) is 6.42 Å². The fourth-order valence-corrected chi connectivity index (χ4v) is 3.66. The Kier molecular flexibility index (Phi) is 5.13. The quantitative estimate of drug-likeness (QED) is 0.819. The first-order chi connectivity index (χ1) is 9.10. The summed E-state index contributed by atoms with van der Waals surface area (Å²) in [6.45, 7) is 4.86. The van der Waals surface area contributed by atoms with Gasteiger partial charge in [0.15, 0.2) is 0 Å². The van der Waals surface area contributed by atoms with E-state index in [-0.39, 0.29) is 11.9 Å². The summed E-state index contributed by atoms with van der Waals surface area (Å²) in [6, 6.07) is 9.45. The van der Waals surface area contributed by atoms with E-state index in [1.807, 2.05) is 32.0 Å². The number of rotatable bonds is 5. The van der Waals surface area contributed by atoms with Gasteiger partial charge >= 0.3 is 0 Å². The molecule has 1 unspecified atom stereocenters.